The number of hydrogen-bond acceptors (Lipinski definition) is 3. The molecule has 5 heteroatoms. The van der Waals surface area contributed by atoms with E-state index in [2.05, 4.69) is 16.9 Å². The van der Waals surface area contributed by atoms with Crippen molar-refractivity contribution in [3.63, 3.8) is 0 Å². The van der Waals surface area contributed by atoms with Crippen LogP contribution in [0.15, 0.2) is 0 Å². The summed E-state index contributed by atoms with van der Waals surface area (Å²) in [6.07, 6.45) is 8.10. The molecule has 0 bridgehead atoms. The van der Waals surface area contributed by atoms with Crippen molar-refractivity contribution in [3.05, 3.63) is 11.6 Å². The maximum absolute atomic E-state index is 11.0. The third-order valence-electron chi connectivity index (χ3n) is 3.93. The van der Waals surface area contributed by atoms with Crippen LogP contribution in [-0.4, -0.2) is 27.2 Å². The van der Waals surface area contributed by atoms with Gasteiger partial charge in [-0.05, 0) is 19.3 Å². The van der Waals surface area contributed by atoms with Crippen molar-refractivity contribution in [1.82, 2.24) is 20.1 Å². The number of rotatable bonds is 7. The number of hydrogen-bond donors (Lipinski definition) is 1. The fourth-order valence-electron chi connectivity index (χ4n) is 2.77. The minimum Gasteiger partial charge on any atom is -0.356 e. The van der Waals surface area contributed by atoms with Crippen molar-refractivity contribution in [1.29, 1.82) is 0 Å². The minimum absolute atomic E-state index is 0.0145. The van der Waals surface area contributed by atoms with Crippen molar-refractivity contribution in [2.75, 3.05) is 6.54 Å². The summed E-state index contributed by atoms with van der Waals surface area (Å²) in [4.78, 5) is 15.7. The molecule has 0 saturated heterocycles. The van der Waals surface area contributed by atoms with Gasteiger partial charge in [0, 0.05) is 32.4 Å². The number of aromatic nitrogens is 3. The van der Waals surface area contributed by atoms with Gasteiger partial charge in [-0.1, -0.05) is 26.2 Å². The molecule has 1 N–H and O–H groups in total. The molecule has 1 aliphatic carbocycles. The largest absolute Gasteiger partial charge is 0.356 e. The maximum atomic E-state index is 11.0. The predicted octanol–water partition coefficient (Wildman–Crippen LogP) is 2.41. The lowest BCUT2D eigenvalue weighted by Gasteiger charge is -2.05. The zero-order valence-corrected chi connectivity index (χ0v) is 12.7. The zero-order chi connectivity index (χ0) is 14.4. The molecule has 5 nitrogen and oxygen atoms in total. The molecule has 1 amide bonds. The summed E-state index contributed by atoms with van der Waals surface area (Å²) in [5, 5.41) is 7.56. The first kappa shape index (κ1) is 15.0. The summed E-state index contributed by atoms with van der Waals surface area (Å²) < 4.78 is 2.05. The van der Waals surface area contributed by atoms with Crippen molar-refractivity contribution in [3.8, 4) is 0 Å². The molecule has 1 saturated carbocycles. The summed E-state index contributed by atoms with van der Waals surface area (Å²) in [6, 6.07) is 0. The van der Waals surface area contributed by atoms with E-state index in [0.717, 1.165) is 37.5 Å². The Kier molecular flexibility index (Phi) is 5.56. The summed E-state index contributed by atoms with van der Waals surface area (Å²) >= 11 is 0. The molecule has 0 radical (unpaired) electrons. The number of amides is 1. The molecule has 1 aliphatic rings. The highest BCUT2D eigenvalue weighted by Gasteiger charge is 2.22. The van der Waals surface area contributed by atoms with Crippen LogP contribution in [0.25, 0.3) is 0 Å². The normalized spacial score (nSPS) is 15.7. The van der Waals surface area contributed by atoms with Crippen molar-refractivity contribution >= 4 is 5.91 Å². The van der Waals surface area contributed by atoms with E-state index in [1.165, 1.54) is 25.7 Å². The van der Waals surface area contributed by atoms with Crippen LogP contribution in [0.2, 0.25) is 0 Å². The fraction of sp³-hybridized carbons (Fsp3) is 0.800. The standard InChI is InChI=1S/C15H26N4O/c1-3-4-11-19-14(9-10-16-12(2)20)17-15(18-19)13-7-5-6-8-13/h13H,3-11H2,1-2H3,(H,16,20). The Bertz CT molecular complexity index is 435. The monoisotopic (exact) mass is 278 g/mol. The second-order valence-corrected chi connectivity index (χ2v) is 5.68. The average molecular weight is 278 g/mol. The molecule has 1 heterocycles. The Balaban J connectivity index is 2.03. The summed E-state index contributed by atoms with van der Waals surface area (Å²) in [5.41, 5.74) is 0. The SMILES string of the molecule is CCCCn1nc(C2CCCC2)nc1CCNC(C)=O. The number of unbranched alkanes of at least 4 members (excludes halogenated alkanes) is 1. The van der Waals surface area contributed by atoms with E-state index >= 15 is 0 Å². The maximum Gasteiger partial charge on any atom is 0.216 e. The Morgan fingerprint density at radius 3 is 2.80 bits per heavy atom. The van der Waals surface area contributed by atoms with Crippen molar-refractivity contribution in [2.24, 2.45) is 0 Å². The predicted molar refractivity (Wildman–Crippen MR) is 78.5 cm³/mol. The second kappa shape index (κ2) is 7.41. The van der Waals surface area contributed by atoms with E-state index < -0.39 is 0 Å². The van der Waals surface area contributed by atoms with E-state index in [4.69, 9.17) is 10.1 Å². The van der Waals surface area contributed by atoms with E-state index in [1.54, 1.807) is 6.92 Å². The lowest BCUT2D eigenvalue weighted by molar-refractivity contribution is -0.118. The van der Waals surface area contributed by atoms with Gasteiger partial charge in [0.05, 0.1) is 0 Å². The molecule has 20 heavy (non-hydrogen) atoms. The average Bonchev–Trinajstić information content (AvgIpc) is 3.05. The van der Waals surface area contributed by atoms with Crippen LogP contribution in [0.3, 0.4) is 0 Å². The van der Waals surface area contributed by atoms with Gasteiger partial charge in [0.2, 0.25) is 5.91 Å². The molecule has 112 valence electrons. The Morgan fingerprint density at radius 2 is 2.15 bits per heavy atom. The molecule has 1 aromatic rings. The van der Waals surface area contributed by atoms with Gasteiger partial charge in [-0.15, -0.1) is 0 Å². The Hall–Kier alpha value is -1.39. The molecule has 0 aromatic carbocycles. The van der Waals surface area contributed by atoms with Gasteiger partial charge in [0.15, 0.2) is 5.82 Å². The fourth-order valence-corrected chi connectivity index (χ4v) is 2.77. The van der Waals surface area contributed by atoms with Crippen molar-refractivity contribution in [2.45, 2.75) is 71.3 Å². The first-order chi connectivity index (χ1) is 9.70. The van der Waals surface area contributed by atoms with Gasteiger partial charge in [-0.25, -0.2) is 9.67 Å². The molecule has 0 spiro atoms. The lowest BCUT2D eigenvalue weighted by atomic mass is 10.1. The topological polar surface area (TPSA) is 59.8 Å². The van der Waals surface area contributed by atoms with E-state index in [0.29, 0.717) is 12.5 Å². The Labute approximate surface area is 121 Å². The molecule has 0 atom stereocenters. The van der Waals surface area contributed by atoms with E-state index in [1.807, 2.05) is 0 Å². The third kappa shape index (κ3) is 4.05. The number of nitrogens with zero attached hydrogens (tertiary/aromatic N) is 3. The van der Waals surface area contributed by atoms with Gasteiger partial charge in [0.1, 0.15) is 5.82 Å². The van der Waals surface area contributed by atoms with Gasteiger partial charge in [-0.3, -0.25) is 4.79 Å². The lowest BCUT2D eigenvalue weighted by Crippen LogP contribution is -2.23. The number of carbonyl (C=O) groups excluding carboxylic acids is 1. The smallest absolute Gasteiger partial charge is 0.216 e. The van der Waals surface area contributed by atoms with Gasteiger partial charge in [0.25, 0.3) is 0 Å². The van der Waals surface area contributed by atoms with Crippen LogP contribution < -0.4 is 5.32 Å². The van der Waals surface area contributed by atoms with Gasteiger partial charge >= 0.3 is 0 Å². The molecule has 1 aromatic heterocycles. The van der Waals surface area contributed by atoms with Gasteiger partial charge < -0.3 is 5.32 Å². The third-order valence-corrected chi connectivity index (χ3v) is 3.93. The molecular formula is C15H26N4O. The van der Waals surface area contributed by atoms with Crippen molar-refractivity contribution < 1.29 is 4.79 Å². The highest BCUT2D eigenvalue weighted by atomic mass is 16.1. The van der Waals surface area contributed by atoms with Crippen LogP contribution >= 0.6 is 0 Å². The highest BCUT2D eigenvalue weighted by Crippen LogP contribution is 2.32. The summed E-state index contributed by atoms with van der Waals surface area (Å²) in [6.45, 7) is 5.31. The van der Waals surface area contributed by atoms with Gasteiger partial charge in [-0.2, -0.15) is 5.10 Å². The minimum atomic E-state index is 0.0145. The number of nitrogens with one attached hydrogen (secondary N) is 1. The van der Waals surface area contributed by atoms with Crippen LogP contribution in [0, 0.1) is 0 Å². The first-order valence-corrected chi connectivity index (χ1v) is 7.88. The second-order valence-electron chi connectivity index (χ2n) is 5.68. The Morgan fingerprint density at radius 1 is 1.40 bits per heavy atom. The quantitative estimate of drug-likeness (QED) is 0.833. The zero-order valence-electron chi connectivity index (χ0n) is 12.7. The van der Waals surface area contributed by atoms with Crippen LogP contribution in [0.5, 0.6) is 0 Å². The molecule has 0 unspecified atom stereocenters. The van der Waals surface area contributed by atoms with E-state index in [-0.39, 0.29) is 5.91 Å². The van der Waals surface area contributed by atoms with Crippen LogP contribution in [-0.2, 0) is 17.8 Å². The summed E-state index contributed by atoms with van der Waals surface area (Å²) in [5.74, 6) is 2.61. The molecular weight excluding hydrogens is 252 g/mol. The number of aryl methyl sites for hydroxylation is 1. The molecule has 1 fully saturated rings. The molecule has 2 rings (SSSR count). The summed E-state index contributed by atoms with van der Waals surface area (Å²) in [7, 11) is 0. The van der Waals surface area contributed by atoms with Crippen LogP contribution in [0.4, 0.5) is 0 Å². The highest BCUT2D eigenvalue weighted by molar-refractivity contribution is 5.72. The molecule has 0 aliphatic heterocycles. The first-order valence-electron chi connectivity index (χ1n) is 7.88. The van der Waals surface area contributed by atoms with E-state index in [9.17, 15) is 4.79 Å². The number of carbonyl (C=O) groups is 1. The van der Waals surface area contributed by atoms with Crippen LogP contribution in [0.1, 0.15) is 69.9 Å².